The van der Waals surface area contributed by atoms with Crippen molar-refractivity contribution in [1.82, 2.24) is 4.90 Å². The van der Waals surface area contributed by atoms with Gasteiger partial charge >= 0.3 is 5.97 Å². The summed E-state index contributed by atoms with van der Waals surface area (Å²) in [7, 11) is -2.93. The van der Waals surface area contributed by atoms with Crippen molar-refractivity contribution >= 4 is 53.8 Å². The van der Waals surface area contributed by atoms with Gasteiger partial charge in [0.05, 0.1) is 25.7 Å². The highest BCUT2D eigenvalue weighted by atomic mass is 35.5. The van der Waals surface area contributed by atoms with Gasteiger partial charge in [-0.15, -0.1) is 0 Å². The number of nitrogens with zero attached hydrogens (tertiary/aromatic N) is 1. The highest BCUT2D eigenvalue weighted by Crippen LogP contribution is 2.47. The molecule has 0 saturated carbocycles. The molecule has 0 unspecified atom stereocenters. The van der Waals surface area contributed by atoms with Crippen molar-refractivity contribution in [1.29, 1.82) is 0 Å². The van der Waals surface area contributed by atoms with Crippen LogP contribution in [0.25, 0.3) is 0 Å². The Balaban J connectivity index is 1.80. The molecule has 3 aromatic rings. The number of hydrogen-bond acceptors (Lipinski definition) is 4. The number of likely N-dealkylation sites (tertiary alicyclic amines) is 1. The van der Waals surface area contributed by atoms with E-state index in [1.54, 1.807) is 11.8 Å². The number of esters is 1. The van der Waals surface area contributed by atoms with Crippen molar-refractivity contribution in [3.63, 3.8) is 0 Å². The average molecular weight is 599 g/mol. The molecule has 1 fully saturated rings. The predicted octanol–water partition coefficient (Wildman–Crippen LogP) is 5.72. The molecule has 0 N–H and O–H groups in total. The fourth-order valence-corrected chi connectivity index (χ4v) is 11.0. The summed E-state index contributed by atoms with van der Waals surface area (Å²) in [5, 5.41) is 1.98. The lowest BCUT2D eigenvalue weighted by atomic mass is 9.96. The van der Waals surface area contributed by atoms with E-state index in [9.17, 15) is 9.59 Å². The zero-order valence-electron chi connectivity index (χ0n) is 23.5. The van der Waals surface area contributed by atoms with Crippen LogP contribution in [0.15, 0.2) is 91.0 Å². The average Bonchev–Trinajstić information content (AvgIpc) is 3.10. The smallest absolute Gasteiger partial charge is 0.306 e. The Kier molecular flexibility index (Phi) is 9.46. The Morgan fingerprint density at radius 1 is 0.900 bits per heavy atom. The number of amides is 1. The molecule has 3 aromatic carbocycles. The van der Waals surface area contributed by atoms with Crippen LogP contribution in [0.2, 0.25) is 5.04 Å². The molecule has 0 bridgehead atoms. The molecule has 1 amide bonds. The molecule has 0 aliphatic carbocycles. The summed E-state index contributed by atoms with van der Waals surface area (Å²) in [6.45, 7) is 9.04. The van der Waals surface area contributed by atoms with Gasteiger partial charge in [0.25, 0.3) is 14.2 Å². The van der Waals surface area contributed by atoms with Gasteiger partial charge in [-0.2, -0.15) is 0 Å². The molecule has 4 rings (SSSR count). The fraction of sp³-hybridized carbons (Fsp3) is 0.375. The maximum atomic E-state index is 13.7. The number of halogens is 2. The second-order valence-electron chi connectivity index (χ2n) is 11.2. The zero-order chi connectivity index (χ0) is 29.0. The molecule has 212 valence electrons. The van der Waals surface area contributed by atoms with Crippen molar-refractivity contribution in [2.45, 2.75) is 56.1 Å². The quantitative estimate of drug-likeness (QED) is 0.170. The van der Waals surface area contributed by atoms with Crippen LogP contribution in [0, 0.1) is 5.92 Å². The molecule has 0 radical (unpaired) electrons. The van der Waals surface area contributed by atoms with E-state index in [0.29, 0.717) is 6.54 Å². The van der Waals surface area contributed by atoms with Crippen LogP contribution in [0.1, 0.15) is 39.7 Å². The van der Waals surface area contributed by atoms with E-state index in [0.717, 1.165) is 15.9 Å². The Labute approximate surface area is 248 Å². The zero-order valence-corrected chi connectivity index (χ0v) is 26.0. The van der Waals surface area contributed by atoms with Crippen LogP contribution in [-0.2, 0) is 25.3 Å². The van der Waals surface area contributed by atoms with Gasteiger partial charge in [0.1, 0.15) is 0 Å². The Morgan fingerprint density at radius 2 is 1.40 bits per heavy atom. The first-order chi connectivity index (χ1) is 19.0. The number of benzene rings is 3. The van der Waals surface area contributed by atoms with Crippen LogP contribution < -0.4 is 10.4 Å². The third-order valence-corrected chi connectivity index (χ3v) is 13.5. The number of alkyl halides is 2. The minimum Gasteiger partial charge on any atom is -0.466 e. The van der Waals surface area contributed by atoms with Crippen LogP contribution in [0.4, 0.5) is 0 Å². The lowest BCUT2D eigenvalue weighted by Crippen LogP contribution is -2.67. The van der Waals surface area contributed by atoms with Crippen molar-refractivity contribution < 1.29 is 18.8 Å². The molecular weight excluding hydrogens is 561 g/mol. The molecule has 2 atom stereocenters. The van der Waals surface area contributed by atoms with Crippen molar-refractivity contribution in [2.75, 3.05) is 13.2 Å². The van der Waals surface area contributed by atoms with Gasteiger partial charge in [-0.1, -0.05) is 135 Å². The summed E-state index contributed by atoms with van der Waals surface area (Å²) in [6, 6.07) is 29.7. The van der Waals surface area contributed by atoms with Gasteiger partial charge < -0.3 is 14.1 Å². The minimum absolute atomic E-state index is 0.0906. The number of carbonyl (C=O) groups is 2. The molecule has 1 aliphatic rings. The molecule has 8 heteroatoms. The number of hydrogen-bond donors (Lipinski definition) is 0. The van der Waals surface area contributed by atoms with Crippen molar-refractivity contribution in [3.8, 4) is 0 Å². The summed E-state index contributed by atoms with van der Waals surface area (Å²) < 4.78 is 10.7. The van der Waals surface area contributed by atoms with E-state index >= 15 is 0 Å². The first-order valence-corrected chi connectivity index (χ1v) is 16.3. The van der Waals surface area contributed by atoms with E-state index in [-0.39, 0.29) is 24.7 Å². The second-order valence-corrected chi connectivity index (χ2v) is 16.9. The third kappa shape index (κ3) is 6.01. The highest BCUT2D eigenvalue weighted by molar-refractivity contribution is 6.99. The Hall–Kier alpha value is -2.64. The van der Waals surface area contributed by atoms with E-state index in [1.165, 1.54) is 0 Å². The standard InChI is InChI=1S/C32H37Cl2NO4Si/c1-5-38-29(36)21-27-28(35(30(37)32(27,33)34)22-24-15-9-6-10-16-24)23-39-40(31(2,3)4,25-17-11-7-12-18-25)26-19-13-8-14-20-26/h6-20,27-28H,5,21-23H2,1-4H3/t27-,28-/m0/s1. The first-order valence-electron chi connectivity index (χ1n) is 13.7. The topological polar surface area (TPSA) is 55.8 Å². The van der Waals surface area contributed by atoms with Gasteiger partial charge in [0.15, 0.2) is 0 Å². The lowest BCUT2D eigenvalue weighted by Gasteiger charge is -2.44. The SMILES string of the molecule is CCOC(=O)C[C@H]1[C@H](CO[Si](c2ccccc2)(c2ccccc2)C(C)(C)C)N(Cc2ccccc2)C(=O)C1(Cl)Cl. The summed E-state index contributed by atoms with van der Waals surface area (Å²) in [5.41, 5.74) is 0.937. The molecule has 0 aromatic heterocycles. The molecular formula is C32H37Cl2NO4Si. The van der Waals surface area contributed by atoms with E-state index in [4.69, 9.17) is 32.4 Å². The van der Waals surface area contributed by atoms with Crippen LogP contribution in [0.3, 0.4) is 0 Å². The Bertz CT molecular complexity index is 1240. The largest absolute Gasteiger partial charge is 0.466 e. The third-order valence-electron chi connectivity index (χ3n) is 7.65. The van der Waals surface area contributed by atoms with Gasteiger partial charge in [-0.3, -0.25) is 9.59 Å². The molecule has 5 nitrogen and oxygen atoms in total. The first kappa shape index (κ1) is 30.3. The lowest BCUT2D eigenvalue weighted by molar-refractivity contribution is -0.144. The Morgan fingerprint density at radius 3 is 1.88 bits per heavy atom. The van der Waals surface area contributed by atoms with Gasteiger partial charge in [0.2, 0.25) is 4.33 Å². The van der Waals surface area contributed by atoms with E-state index < -0.39 is 36.5 Å². The molecule has 1 saturated heterocycles. The van der Waals surface area contributed by atoms with Gasteiger partial charge in [-0.25, -0.2) is 0 Å². The van der Waals surface area contributed by atoms with Gasteiger partial charge in [-0.05, 0) is 27.9 Å². The van der Waals surface area contributed by atoms with Crippen LogP contribution in [0.5, 0.6) is 0 Å². The normalized spacial score (nSPS) is 19.1. The number of carbonyl (C=O) groups excluding carboxylic acids is 2. The van der Waals surface area contributed by atoms with E-state index in [2.05, 4.69) is 45.0 Å². The summed E-state index contributed by atoms with van der Waals surface area (Å²) in [5.74, 6) is -1.59. The fourth-order valence-electron chi connectivity index (χ4n) is 5.77. The van der Waals surface area contributed by atoms with Crippen LogP contribution in [-0.4, -0.2) is 48.7 Å². The summed E-state index contributed by atoms with van der Waals surface area (Å²) >= 11 is 13.6. The molecule has 40 heavy (non-hydrogen) atoms. The van der Waals surface area contributed by atoms with Crippen LogP contribution >= 0.6 is 23.2 Å². The summed E-state index contributed by atoms with van der Waals surface area (Å²) in [6.07, 6.45) is -0.0906. The summed E-state index contributed by atoms with van der Waals surface area (Å²) in [4.78, 5) is 28.1. The predicted molar refractivity (Wildman–Crippen MR) is 164 cm³/mol. The van der Waals surface area contributed by atoms with Crippen molar-refractivity contribution in [3.05, 3.63) is 96.6 Å². The molecule has 0 spiro atoms. The van der Waals surface area contributed by atoms with Crippen molar-refractivity contribution in [2.24, 2.45) is 5.92 Å². The molecule has 1 heterocycles. The second kappa shape index (κ2) is 12.5. The maximum Gasteiger partial charge on any atom is 0.306 e. The minimum atomic E-state index is -2.93. The van der Waals surface area contributed by atoms with Gasteiger partial charge in [0, 0.05) is 12.5 Å². The number of rotatable bonds is 10. The van der Waals surface area contributed by atoms with E-state index in [1.807, 2.05) is 66.7 Å². The molecule has 1 aliphatic heterocycles. The maximum absolute atomic E-state index is 13.7. The number of ether oxygens (including phenoxy) is 1. The monoisotopic (exact) mass is 597 g/mol. The highest BCUT2D eigenvalue weighted by Gasteiger charge is 2.59.